The number of amides is 1. The molecule has 0 spiro atoms. The van der Waals surface area contributed by atoms with Gasteiger partial charge in [-0.15, -0.1) is 11.3 Å². The van der Waals surface area contributed by atoms with E-state index in [4.69, 9.17) is 16.3 Å². The van der Waals surface area contributed by atoms with Gasteiger partial charge in [0.25, 0.3) is 5.91 Å². The van der Waals surface area contributed by atoms with Gasteiger partial charge in [-0.1, -0.05) is 11.6 Å². The Morgan fingerprint density at radius 2 is 1.97 bits per heavy atom. The highest BCUT2D eigenvalue weighted by atomic mass is 35.5. The standard InChI is InChI=1S/C20H19ClN2O4S2/c1-12(2)27-16-4-5-18(22-10-16)13-6-19(28-11-13)20(24)23-15-7-14(21)8-17(9-15)29(3,25)26/h4-12H,1-3H3,(H,23,24). The molecule has 0 radical (unpaired) electrons. The minimum atomic E-state index is -3.44. The summed E-state index contributed by atoms with van der Waals surface area (Å²) in [4.78, 5) is 17.5. The Morgan fingerprint density at radius 3 is 2.59 bits per heavy atom. The minimum absolute atomic E-state index is 0.0417. The Morgan fingerprint density at radius 1 is 1.21 bits per heavy atom. The lowest BCUT2D eigenvalue weighted by atomic mass is 10.2. The molecule has 3 rings (SSSR count). The Labute approximate surface area is 178 Å². The van der Waals surface area contributed by atoms with Crippen LogP contribution >= 0.6 is 22.9 Å². The number of hydrogen-bond acceptors (Lipinski definition) is 6. The number of thiophene rings is 1. The van der Waals surface area contributed by atoms with Crippen LogP contribution in [-0.4, -0.2) is 31.7 Å². The highest BCUT2D eigenvalue weighted by Crippen LogP contribution is 2.27. The van der Waals surface area contributed by atoms with Crippen molar-refractivity contribution in [3.63, 3.8) is 0 Å². The van der Waals surface area contributed by atoms with Gasteiger partial charge in [0.2, 0.25) is 0 Å². The molecule has 0 fully saturated rings. The number of anilines is 1. The number of ether oxygens (including phenoxy) is 1. The first-order chi connectivity index (χ1) is 13.6. The van der Waals surface area contributed by atoms with E-state index >= 15 is 0 Å². The van der Waals surface area contributed by atoms with Crippen molar-refractivity contribution in [1.29, 1.82) is 0 Å². The van der Waals surface area contributed by atoms with Crippen LogP contribution in [0, 0.1) is 0 Å². The van der Waals surface area contributed by atoms with Gasteiger partial charge in [0, 0.05) is 27.9 Å². The third kappa shape index (κ3) is 5.56. The number of carbonyl (C=O) groups is 1. The van der Waals surface area contributed by atoms with Crippen molar-refractivity contribution in [2.45, 2.75) is 24.8 Å². The van der Waals surface area contributed by atoms with Gasteiger partial charge < -0.3 is 10.1 Å². The molecule has 152 valence electrons. The maximum absolute atomic E-state index is 12.6. The predicted molar refractivity (Wildman–Crippen MR) is 116 cm³/mol. The molecule has 2 aromatic heterocycles. The molecule has 0 unspecified atom stereocenters. The van der Waals surface area contributed by atoms with E-state index in [-0.39, 0.29) is 21.9 Å². The van der Waals surface area contributed by atoms with Crippen LogP contribution in [0.4, 0.5) is 5.69 Å². The Kier molecular flexibility index (Phi) is 6.26. The molecule has 0 atom stereocenters. The first-order valence-electron chi connectivity index (χ1n) is 8.65. The summed E-state index contributed by atoms with van der Waals surface area (Å²) in [6.07, 6.45) is 2.79. The Hall–Kier alpha value is -2.42. The Bertz CT molecular complexity index is 1140. The van der Waals surface area contributed by atoms with E-state index in [1.807, 2.05) is 31.4 Å². The summed E-state index contributed by atoms with van der Waals surface area (Å²) in [5.74, 6) is 0.322. The molecule has 1 N–H and O–H groups in total. The molecule has 2 heterocycles. The zero-order chi connectivity index (χ0) is 21.2. The molecule has 0 saturated heterocycles. The number of sulfone groups is 1. The van der Waals surface area contributed by atoms with Gasteiger partial charge in [0.15, 0.2) is 9.84 Å². The topological polar surface area (TPSA) is 85.4 Å². The molecule has 9 heteroatoms. The molecule has 1 aromatic carbocycles. The maximum atomic E-state index is 12.6. The van der Waals surface area contributed by atoms with Gasteiger partial charge in [-0.25, -0.2) is 8.42 Å². The molecule has 0 aliphatic heterocycles. The SMILES string of the molecule is CC(C)Oc1ccc(-c2csc(C(=O)Nc3cc(Cl)cc(S(C)(=O)=O)c3)c2)nc1. The van der Waals surface area contributed by atoms with Crippen LogP contribution in [0.15, 0.2) is 52.9 Å². The number of nitrogens with zero attached hydrogens (tertiary/aromatic N) is 1. The third-order valence-electron chi connectivity index (χ3n) is 3.78. The van der Waals surface area contributed by atoms with Gasteiger partial charge in [-0.05, 0) is 50.2 Å². The summed E-state index contributed by atoms with van der Waals surface area (Å²) in [6, 6.07) is 9.61. The monoisotopic (exact) mass is 450 g/mol. The van der Waals surface area contributed by atoms with E-state index < -0.39 is 9.84 Å². The highest BCUT2D eigenvalue weighted by molar-refractivity contribution is 7.90. The van der Waals surface area contributed by atoms with Crippen LogP contribution in [0.25, 0.3) is 11.3 Å². The fourth-order valence-electron chi connectivity index (χ4n) is 2.52. The molecule has 0 aliphatic rings. The van der Waals surface area contributed by atoms with E-state index in [9.17, 15) is 13.2 Å². The molecule has 29 heavy (non-hydrogen) atoms. The zero-order valence-electron chi connectivity index (χ0n) is 16.0. The first-order valence-corrected chi connectivity index (χ1v) is 11.8. The number of rotatable bonds is 6. The third-order valence-corrected chi connectivity index (χ3v) is 6.02. The molecule has 3 aromatic rings. The highest BCUT2D eigenvalue weighted by Gasteiger charge is 2.14. The van der Waals surface area contributed by atoms with Gasteiger partial charge in [-0.2, -0.15) is 0 Å². The van der Waals surface area contributed by atoms with E-state index in [0.29, 0.717) is 16.3 Å². The second-order valence-electron chi connectivity index (χ2n) is 6.65. The second-order valence-corrected chi connectivity index (χ2v) is 10.0. The summed E-state index contributed by atoms with van der Waals surface area (Å²) in [5, 5.41) is 4.75. The number of aromatic nitrogens is 1. The molecule has 1 amide bonds. The fraction of sp³-hybridized carbons (Fsp3) is 0.200. The minimum Gasteiger partial charge on any atom is -0.489 e. The number of pyridine rings is 1. The van der Waals surface area contributed by atoms with Crippen molar-refractivity contribution >= 4 is 44.4 Å². The van der Waals surface area contributed by atoms with Gasteiger partial charge in [-0.3, -0.25) is 9.78 Å². The van der Waals surface area contributed by atoms with Crippen LogP contribution in [0.1, 0.15) is 23.5 Å². The smallest absolute Gasteiger partial charge is 0.265 e. The first kappa shape index (κ1) is 21.3. The van der Waals surface area contributed by atoms with Crippen LogP contribution in [0.2, 0.25) is 5.02 Å². The lowest BCUT2D eigenvalue weighted by molar-refractivity contribution is 0.103. The van der Waals surface area contributed by atoms with E-state index in [1.54, 1.807) is 12.3 Å². The lowest BCUT2D eigenvalue weighted by Crippen LogP contribution is -2.11. The van der Waals surface area contributed by atoms with Crippen LogP contribution in [-0.2, 0) is 9.84 Å². The Balaban J connectivity index is 1.77. The summed E-state index contributed by atoms with van der Waals surface area (Å²) < 4.78 is 29.1. The van der Waals surface area contributed by atoms with E-state index in [1.165, 1.54) is 29.5 Å². The van der Waals surface area contributed by atoms with E-state index in [0.717, 1.165) is 17.5 Å². The van der Waals surface area contributed by atoms with Crippen LogP contribution in [0.3, 0.4) is 0 Å². The summed E-state index contributed by atoms with van der Waals surface area (Å²) in [5.41, 5.74) is 1.84. The number of benzene rings is 1. The second kappa shape index (κ2) is 8.52. The van der Waals surface area contributed by atoms with Gasteiger partial charge in [0.05, 0.1) is 27.8 Å². The van der Waals surface area contributed by atoms with Gasteiger partial charge >= 0.3 is 0 Å². The average Bonchev–Trinajstić information content (AvgIpc) is 3.11. The predicted octanol–water partition coefficient (Wildman–Crippen LogP) is 4.91. The summed E-state index contributed by atoms with van der Waals surface area (Å²) >= 11 is 7.25. The van der Waals surface area contributed by atoms with E-state index in [2.05, 4.69) is 10.3 Å². The molecule has 0 saturated carbocycles. The van der Waals surface area contributed by atoms with Crippen molar-refractivity contribution in [2.24, 2.45) is 0 Å². The van der Waals surface area contributed by atoms with Gasteiger partial charge in [0.1, 0.15) is 5.75 Å². The number of nitrogens with one attached hydrogen (secondary N) is 1. The largest absolute Gasteiger partial charge is 0.489 e. The van der Waals surface area contributed by atoms with Crippen molar-refractivity contribution in [3.8, 4) is 17.0 Å². The van der Waals surface area contributed by atoms with Crippen molar-refractivity contribution in [1.82, 2.24) is 4.98 Å². The molecule has 0 aliphatic carbocycles. The van der Waals surface area contributed by atoms with Crippen molar-refractivity contribution in [3.05, 3.63) is 57.9 Å². The summed E-state index contributed by atoms with van der Waals surface area (Å²) in [7, 11) is -3.44. The number of halogens is 1. The zero-order valence-corrected chi connectivity index (χ0v) is 18.4. The molecular formula is C20H19ClN2O4S2. The van der Waals surface area contributed by atoms with Crippen molar-refractivity contribution < 1.29 is 17.9 Å². The van der Waals surface area contributed by atoms with Crippen molar-refractivity contribution in [2.75, 3.05) is 11.6 Å². The molecular weight excluding hydrogens is 432 g/mol. The quantitative estimate of drug-likeness (QED) is 0.576. The van der Waals surface area contributed by atoms with Crippen LogP contribution < -0.4 is 10.1 Å². The molecule has 0 bridgehead atoms. The lowest BCUT2D eigenvalue weighted by Gasteiger charge is -2.09. The summed E-state index contributed by atoms with van der Waals surface area (Å²) in [6.45, 7) is 3.88. The maximum Gasteiger partial charge on any atom is 0.265 e. The van der Waals surface area contributed by atoms with Crippen LogP contribution in [0.5, 0.6) is 5.75 Å². The normalized spacial score (nSPS) is 11.5. The number of carbonyl (C=O) groups excluding carboxylic acids is 1. The fourth-order valence-corrected chi connectivity index (χ4v) is 4.30. The average molecular weight is 451 g/mol. The number of hydrogen-bond donors (Lipinski definition) is 1. The molecule has 6 nitrogen and oxygen atoms in total.